The number of anilines is 1. The molecule has 0 fully saturated rings. The van der Waals surface area contributed by atoms with Crippen LogP contribution in [0.3, 0.4) is 0 Å². The van der Waals surface area contributed by atoms with Gasteiger partial charge in [0, 0.05) is 34.7 Å². The van der Waals surface area contributed by atoms with Crippen molar-refractivity contribution in [3.8, 4) is 11.3 Å². The average molecular weight is 480 g/mol. The Balaban J connectivity index is 1.65. The van der Waals surface area contributed by atoms with Gasteiger partial charge in [0.25, 0.3) is 0 Å². The minimum Gasteiger partial charge on any atom is -0.478 e. The van der Waals surface area contributed by atoms with Crippen molar-refractivity contribution in [2.75, 3.05) is 5.73 Å². The number of furan rings is 1. The van der Waals surface area contributed by atoms with Gasteiger partial charge in [0.2, 0.25) is 0 Å². The number of hydrogen-bond donors (Lipinski definition) is 2. The van der Waals surface area contributed by atoms with Gasteiger partial charge in [0.05, 0.1) is 5.56 Å². The molecule has 1 aromatic heterocycles. The highest BCUT2D eigenvalue weighted by Crippen LogP contribution is 2.48. The summed E-state index contributed by atoms with van der Waals surface area (Å²) in [6.45, 7) is 6.23. The van der Waals surface area contributed by atoms with Crippen LogP contribution in [0, 0.1) is 5.41 Å². The first-order chi connectivity index (χ1) is 17.1. The predicted octanol–water partition coefficient (Wildman–Crippen LogP) is 7.33. The lowest BCUT2D eigenvalue weighted by molar-refractivity contribution is -0.118. The lowest BCUT2D eigenvalue weighted by Gasteiger charge is -2.35. The Bertz CT molecular complexity index is 1540. The predicted molar refractivity (Wildman–Crippen MR) is 143 cm³/mol. The van der Waals surface area contributed by atoms with Crippen molar-refractivity contribution >= 4 is 33.8 Å². The topological polar surface area (TPSA) is 93.5 Å². The summed E-state index contributed by atoms with van der Waals surface area (Å²) >= 11 is 0. The average Bonchev–Trinajstić information content (AvgIpc) is 3.33. The smallest absolute Gasteiger partial charge is 0.335 e. The molecule has 0 amide bonds. The minimum absolute atomic E-state index is 0.104. The van der Waals surface area contributed by atoms with E-state index >= 15 is 0 Å². The highest BCUT2D eigenvalue weighted by Gasteiger charge is 2.37. The fourth-order valence-electron chi connectivity index (χ4n) is 5.37. The summed E-state index contributed by atoms with van der Waals surface area (Å²) in [5.41, 5.74) is 10.5. The monoisotopic (exact) mass is 479 g/mol. The third kappa shape index (κ3) is 4.22. The molecule has 1 aliphatic carbocycles. The molecule has 0 aliphatic heterocycles. The van der Waals surface area contributed by atoms with E-state index in [4.69, 9.17) is 10.2 Å². The van der Waals surface area contributed by atoms with Crippen molar-refractivity contribution < 1.29 is 19.1 Å². The molecule has 0 bridgehead atoms. The van der Waals surface area contributed by atoms with Crippen LogP contribution in [-0.2, 0) is 4.79 Å². The van der Waals surface area contributed by atoms with Crippen LogP contribution < -0.4 is 5.73 Å². The second-order valence-electron chi connectivity index (χ2n) is 10.4. The number of carbonyl (C=O) groups excluding carboxylic acids is 1. The van der Waals surface area contributed by atoms with Crippen molar-refractivity contribution in [2.45, 2.75) is 39.5 Å². The number of nitrogens with two attached hydrogens (primary N) is 1. The van der Waals surface area contributed by atoms with E-state index in [1.165, 1.54) is 0 Å². The number of carboxylic acid groups (broad SMARTS) is 1. The zero-order valence-corrected chi connectivity index (χ0v) is 20.7. The molecule has 5 heteroatoms. The fourth-order valence-corrected chi connectivity index (χ4v) is 5.37. The van der Waals surface area contributed by atoms with Gasteiger partial charge in [0.1, 0.15) is 11.5 Å². The van der Waals surface area contributed by atoms with Crippen LogP contribution in [0.25, 0.3) is 27.7 Å². The molecule has 0 radical (unpaired) electrons. The quantitative estimate of drug-likeness (QED) is 0.292. The number of benzene rings is 3. The molecule has 0 unspecified atom stereocenters. The summed E-state index contributed by atoms with van der Waals surface area (Å²) in [4.78, 5) is 25.0. The van der Waals surface area contributed by atoms with Crippen LogP contribution in [0.15, 0.2) is 82.8 Å². The van der Waals surface area contributed by atoms with Crippen LogP contribution >= 0.6 is 0 Å². The van der Waals surface area contributed by atoms with Gasteiger partial charge in [-0.25, -0.2) is 4.79 Å². The third-order valence-electron chi connectivity index (χ3n) is 7.06. The molecule has 1 heterocycles. The standard InChI is InChI=1S/C31H29NO4/c1-18(26-13-14-27(36-26)20-8-6-9-21(15-20)30(34)35)28-23(16-31(2,3)17-25(28)33)29-22-10-5-4-7-19(22)11-12-24(29)32/h4-15,18H,16-17,32H2,1-3H3,(H,34,35)/t18-/m0/s1. The van der Waals surface area contributed by atoms with Crippen molar-refractivity contribution in [2.24, 2.45) is 5.41 Å². The van der Waals surface area contributed by atoms with Crippen LogP contribution in [0.1, 0.15) is 61.2 Å². The summed E-state index contributed by atoms with van der Waals surface area (Å²) in [6.07, 6.45) is 1.18. The maximum Gasteiger partial charge on any atom is 0.335 e. The van der Waals surface area contributed by atoms with Gasteiger partial charge < -0.3 is 15.3 Å². The van der Waals surface area contributed by atoms with Crippen molar-refractivity contribution in [3.05, 3.63) is 95.3 Å². The Morgan fingerprint density at radius 3 is 2.56 bits per heavy atom. The summed E-state index contributed by atoms with van der Waals surface area (Å²) in [5, 5.41) is 11.5. The van der Waals surface area contributed by atoms with Gasteiger partial charge in [-0.15, -0.1) is 0 Å². The number of fused-ring (bicyclic) bond motifs is 1. The zero-order chi connectivity index (χ0) is 25.6. The van der Waals surface area contributed by atoms with E-state index in [0.717, 1.165) is 33.9 Å². The van der Waals surface area contributed by atoms with Gasteiger partial charge in [-0.1, -0.05) is 63.2 Å². The van der Waals surface area contributed by atoms with E-state index in [9.17, 15) is 14.7 Å². The third-order valence-corrected chi connectivity index (χ3v) is 7.06. The normalized spacial score (nSPS) is 16.4. The first kappa shape index (κ1) is 23.6. The first-order valence-corrected chi connectivity index (χ1v) is 12.1. The van der Waals surface area contributed by atoms with E-state index in [2.05, 4.69) is 26.0 Å². The van der Waals surface area contributed by atoms with E-state index in [1.54, 1.807) is 18.2 Å². The molecule has 1 atom stereocenters. The van der Waals surface area contributed by atoms with Gasteiger partial charge in [-0.3, -0.25) is 4.79 Å². The number of carboxylic acids is 1. The largest absolute Gasteiger partial charge is 0.478 e. The Morgan fingerprint density at radius 1 is 1.00 bits per heavy atom. The number of nitrogen functional groups attached to an aromatic ring is 1. The molecule has 5 rings (SSSR count). The van der Waals surface area contributed by atoms with Crippen LogP contribution in [0.5, 0.6) is 0 Å². The molecule has 0 saturated carbocycles. The molecule has 0 saturated heterocycles. The lowest BCUT2D eigenvalue weighted by atomic mass is 9.68. The fraction of sp³-hybridized carbons (Fsp3) is 0.226. The minimum atomic E-state index is -0.991. The number of aromatic carboxylic acids is 1. The lowest BCUT2D eigenvalue weighted by Crippen LogP contribution is -2.27. The van der Waals surface area contributed by atoms with Crippen molar-refractivity contribution in [1.82, 2.24) is 0 Å². The maximum absolute atomic E-state index is 13.6. The summed E-state index contributed by atoms with van der Waals surface area (Å²) in [7, 11) is 0. The molecule has 0 spiro atoms. The summed E-state index contributed by atoms with van der Waals surface area (Å²) < 4.78 is 6.21. The second kappa shape index (κ2) is 8.83. The highest BCUT2D eigenvalue weighted by atomic mass is 16.4. The van der Waals surface area contributed by atoms with Gasteiger partial charge in [-0.2, -0.15) is 0 Å². The molecule has 36 heavy (non-hydrogen) atoms. The summed E-state index contributed by atoms with van der Waals surface area (Å²) in [5.74, 6) is 0.0422. The molecular formula is C31H29NO4. The Morgan fingerprint density at radius 2 is 1.78 bits per heavy atom. The number of allylic oxidation sites excluding steroid dienone is 2. The number of hydrogen-bond acceptors (Lipinski definition) is 4. The zero-order valence-electron chi connectivity index (χ0n) is 20.7. The number of rotatable bonds is 5. The highest BCUT2D eigenvalue weighted by molar-refractivity contribution is 6.10. The van der Waals surface area contributed by atoms with Gasteiger partial charge in [-0.05, 0) is 58.5 Å². The Kier molecular flexibility index (Phi) is 5.79. The Hall–Kier alpha value is -4.12. The molecule has 4 aromatic rings. The van der Waals surface area contributed by atoms with Crippen molar-refractivity contribution in [3.63, 3.8) is 0 Å². The van der Waals surface area contributed by atoms with Crippen LogP contribution in [0.2, 0.25) is 0 Å². The molecule has 5 nitrogen and oxygen atoms in total. The maximum atomic E-state index is 13.6. The second-order valence-corrected chi connectivity index (χ2v) is 10.4. The Labute approximate surface area is 210 Å². The SMILES string of the molecule is C[C@H](C1=C(c2c(N)ccc3ccccc23)CC(C)(C)CC1=O)c1ccc(-c2cccc(C(=O)O)c2)o1. The van der Waals surface area contributed by atoms with E-state index in [-0.39, 0.29) is 22.7 Å². The van der Waals surface area contributed by atoms with Gasteiger partial charge >= 0.3 is 5.97 Å². The van der Waals surface area contributed by atoms with Crippen LogP contribution in [0.4, 0.5) is 5.69 Å². The molecular weight excluding hydrogens is 450 g/mol. The van der Waals surface area contributed by atoms with Crippen molar-refractivity contribution in [1.29, 1.82) is 0 Å². The number of Topliss-reactive ketones (excluding diaryl/α,β-unsaturated/α-hetero) is 1. The molecule has 1 aliphatic rings. The molecule has 3 N–H and O–H groups in total. The number of carbonyl (C=O) groups is 2. The van der Waals surface area contributed by atoms with Crippen LogP contribution in [-0.4, -0.2) is 16.9 Å². The van der Waals surface area contributed by atoms with E-state index in [0.29, 0.717) is 29.2 Å². The van der Waals surface area contributed by atoms with E-state index < -0.39 is 5.97 Å². The molecule has 182 valence electrons. The summed E-state index contributed by atoms with van der Waals surface area (Å²) in [6, 6.07) is 22.4. The first-order valence-electron chi connectivity index (χ1n) is 12.1. The van der Waals surface area contributed by atoms with Gasteiger partial charge in [0.15, 0.2) is 5.78 Å². The molecule has 3 aromatic carbocycles. The van der Waals surface area contributed by atoms with E-state index in [1.807, 2.05) is 49.4 Å². The number of ketones is 1.